The molecule has 0 aromatic heterocycles. The molecule has 0 saturated heterocycles. The van der Waals surface area contributed by atoms with E-state index in [0.29, 0.717) is 0 Å². The van der Waals surface area contributed by atoms with Gasteiger partial charge in [0.05, 0.1) is 0 Å². The summed E-state index contributed by atoms with van der Waals surface area (Å²) in [4.78, 5) is 2.26. The first-order valence-electron chi connectivity index (χ1n) is 5.05. The molecule has 0 fully saturated rings. The Hall–Kier alpha value is -0.160. The zero-order valence-electron chi connectivity index (χ0n) is 8.97. The maximum Gasteiger partial charge on any atom is 0.0102 e. The van der Waals surface area contributed by atoms with E-state index in [9.17, 15) is 0 Å². The van der Waals surface area contributed by atoms with Crippen LogP contribution in [0.15, 0.2) is 0 Å². The lowest BCUT2D eigenvalue weighted by molar-refractivity contribution is 0.335. The van der Waals surface area contributed by atoms with Gasteiger partial charge in [0, 0.05) is 26.2 Å². The molecule has 80 valence electrons. The molecule has 0 aliphatic heterocycles. The van der Waals surface area contributed by atoms with Crippen molar-refractivity contribution in [3.63, 3.8) is 0 Å². The molecule has 0 rings (SSSR count). The minimum Gasteiger partial charge on any atom is -0.329 e. The van der Waals surface area contributed by atoms with Gasteiger partial charge in [-0.1, -0.05) is 0 Å². The number of likely N-dealkylation sites (N-methyl/N-ethyl adjacent to an activating group) is 2. The van der Waals surface area contributed by atoms with Gasteiger partial charge in [-0.2, -0.15) is 0 Å². The fourth-order valence-electron chi connectivity index (χ4n) is 1.14. The van der Waals surface area contributed by atoms with Crippen LogP contribution < -0.4 is 16.4 Å². The van der Waals surface area contributed by atoms with Crippen molar-refractivity contribution in [1.29, 1.82) is 0 Å². The third-order valence-electron chi connectivity index (χ3n) is 1.96. The van der Waals surface area contributed by atoms with E-state index < -0.39 is 0 Å². The number of nitrogens with zero attached hydrogens (tertiary/aromatic N) is 1. The minimum absolute atomic E-state index is 0.754. The van der Waals surface area contributed by atoms with Gasteiger partial charge >= 0.3 is 0 Å². The van der Waals surface area contributed by atoms with Crippen LogP contribution in [0.5, 0.6) is 0 Å². The number of hydrogen-bond donors (Lipinski definition) is 3. The molecule has 4 nitrogen and oxygen atoms in total. The van der Waals surface area contributed by atoms with E-state index in [2.05, 4.69) is 22.6 Å². The summed E-state index contributed by atoms with van der Waals surface area (Å²) in [5, 5.41) is 6.46. The molecule has 4 heteroatoms. The third-order valence-corrected chi connectivity index (χ3v) is 1.96. The van der Waals surface area contributed by atoms with Crippen LogP contribution in [-0.2, 0) is 0 Å². The highest BCUT2D eigenvalue weighted by molar-refractivity contribution is 4.55. The Morgan fingerprint density at radius 1 is 1.15 bits per heavy atom. The average molecular weight is 188 g/mol. The Labute approximate surface area is 81.9 Å². The van der Waals surface area contributed by atoms with Crippen molar-refractivity contribution >= 4 is 0 Å². The summed E-state index contributed by atoms with van der Waals surface area (Å²) >= 11 is 0. The number of rotatable bonds is 9. The number of hydrogen-bond acceptors (Lipinski definition) is 4. The van der Waals surface area contributed by atoms with E-state index in [4.69, 9.17) is 5.73 Å². The Morgan fingerprint density at radius 3 is 2.54 bits per heavy atom. The summed E-state index contributed by atoms with van der Waals surface area (Å²) in [6.45, 7) is 6.07. The van der Waals surface area contributed by atoms with Crippen LogP contribution in [-0.4, -0.2) is 58.3 Å². The normalized spacial score (nSPS) is 11.1. The van der Waals surface area contributed by atoms with Crippen LogP contribution >= 0.6 is 0 Å². The largest absolute Gasteiger partial charge is 0.329 e. The Bertz CT molecular complexity index is 97.6. The lowest BCUT2D eigenvalue weighted by Crippen LogP contribution is -2.30. The van der Waals surface area contributed by atoms with Gasteiger partial charge < -0.3 is 21.3 Å². The van der Waals surface area contributed by atoms with E-state index >= 15 is 0 Å². The van der Waals surface area contributed by atoms with E-state index in [0.717, 1.165) is 39.3 Å². The molecule has 0 saturated carbocycles. The van der Waals surface area contributed by atoms with E-state index in [-0.39, 0.29) is 0 Å². The second-order valence-electron chi connectivity index (χ2n) is 3.30. The SMILES string of the molecule is CNCCNCCCN(C)CCN. The van der Waals surface area contributed by atoms with Gasteiger partial charge in [0.25, 0.3) is 0 Å². The summed E-state index contributed by atoms with van der Waals surface area (Å²) in [6.07, 6.45) is 1.19. The summed E-state index contributed by atoms with van der Waals surface area (Å²) < 4.78 is 0. The first-order chi connectivity index (χ1) is 6.31. The van der Waals surface area contributed by atoms with Crippen molar-refractivity contribution < 1.29 is 0 Å². The van der Waals surface area contributed by atoms with Crippen LogP contribution in [0.1, 0.15) is 6.42 Å². The molecule has 0 aliphatic rings. The Kier molecular flexibility index (Phi) is 9.80. The summed E-state index contributed by atoms with van der Waals surface area (Å²) in [5.41, 5.74) is 5.43. The predicted octanol–water partition coefficient (Wildman–Crippen LogP) is -0.924. The molecule has 0 bridgehead atoms. The maximum absolute atomic E-state index is 5.43. The molecule has 0 unspecified atom stereocenters. The Morgan fingerprint density at radius 2 is 1.92 bits per heavy atom. The molecule has 0 radical (unpaired) electrons. The number of nitrogens with two attached hydrogens (primary N) is 1. The van der Waals surface area contributed by atoms with Crippen molar-refractivity contribution in [2.75, 3.05) is 53.4 Å². The maximum atomic E-state index is 5.43. The number of nitrogens with one attached hydrogen (secondary N) is 2. The third kappa shape index (κ3) is 9.76. The molecule has 0 aliphatic carbocycles. The summed E-state index contributed by atoms with van der Waals surface area (Å²) in [6, 6.07) is 0. The lowest BCUT2D eigenvalue weighted by atomic mass is 10.4. The van der Waals surface area contributed by atoms with Crippen molar-refractivity contribution in [3.8, 4) is 0 Å². The van der Waals surface area contributed by atoms with Gasteiger partial charge in [-0.25, -0.2) is 0 Å². The Balaban J connectivity index is 2.97. The van der Waals surface area contributed by atoms with Crippen LogP contribution in [0.4, 0.5) is 0 Å². The summed E-state index contributed by atoms with van der Waals surface area (Å²) in [5.74, 6) is 0. The molecule has 13 heavy (non-hydrogen) atoms. The van der Waals surface area contributed by atoms with Crippen molar-refractivity contribution in [1.82, 2.24) is 15.5 Å². The molecular formula is C9H24N4. The fourth-order valence-corrected chi connectivity index (χ4v) is 1.14. The molecule has 0 aromatic rings. The van der Waals surface area contributed by atoms with E-state index in [1.165, 1.54) is 6.42 Å². The van der Waals surface area contributed by atoms with Crippen LogP contribution in [0.25, 0.3) is 0 Å². The monoisotopic (exact) mass is 188 g/mol. The van der Waals surface area contributed by atoms with Crippen LogP contribution in [0, 0.1) is 0 Å². The molecule has 0 atom stereocenters. The second kappa shape index (κ2) is 9.92. The van der Waals surface area contributed by atoms with Gasteiger partial charge in [0.2, 0.25) is 0 Å². The first kappa shape index (κ1) is 12.8. The molecule has 4 N–H and O–H groups in total. The van der Waals surface area contributed by atoms with Gasteiger partial charge in [0.15, 0.2) is 0 Å². The highest BCUT2D eigenvalue weighted by Crippen LogP contribution is 1.83. The highest BCUT2D eigenvalue weighted by atomic mass is 15.1. The lowest BCUT2D eigenvalue weighted by Gasteiger charge is -2.14. The fraction of sp³-hybridized carbons (Fsp3) is 1.00. The summed E-state index contributed by atoms with van der Waals surface area (Å²) in [7, 11) is 4.08. The molecule has 0 spiro atoms. The highest BCUT2D eigenvalue weighted by Gasteiger charge is 1.94. The smallest absolute Gasteiger partial charge is 0.0102 e. The molecule has 0 amide bonds. The molecular weight excluding hydrogens is 164 g/mol. The second-order valence-corrected chi connectivity index (χ2v) is 3.30. The van der Waals surface area contributed by atoms with Crippen LogP contribution in [0.3, 0.4) is 0 Å². The average Bonchev–Trinajstić information content (AvgIpc) is 2.11. The van der Waals surface area contributed by atoms with Gasteiger partial charge in [-0.05, 0) is 33.6 Å². The van der Waals surface area contributed by atoms with Gasteiger partial charge in [0.1, 0.15) is 0 Å². The van der Waals surface area contributed by atoms with Gasteiger partial charge in [-0.15, -0.1) is 0 Å². The van der Waals surface area contributed by atoms with Crippen molar-refractivity contribution in [2.24, 2.45) is 5.73 Å². The standard InChI is InChI=1S/C9H24N4/c1-11-6-7-12-5-3-8-13(2)9-4-10/h11-12H,3-10H2,1-2H3. The zero-order chi connectivity index (χ0) is 9.94. The zero-order valence-corrected chi connectivity index (χ0v) is 8.97. The first-order valence-corrected chi connectivity index (χ1v) is 5.05. The van der Waals surface area contributed by atoms with E-state index in [1.54, 1.807) is 0 Å². The minimum atomic E-state index is 0.754. The van der Waals surface area contributed by atoms with Crippen molar-refractivity contribution in [3.05, 3.63) is 0 Å². The quantitative estimate of drug-likeness (QED) is 0.410. The van der Waals surface area contributed by atoms with Gasteiger partial charge in [-0.3, -0.25) is 0 Å². The predicted molar refractivity (Wildman–Crippen MR) is 58.0 cm³/mol. The topological polar surface area (TPSA) is 53.3 Å². The molecule has 0 heterocycles. The van der Waals surface area contributed by atoms with Crippen molar-refractivity contribution in [2.45, 2.75) is 6.42 Å². The molecule has 0 aromatic carbocycles. The van der Waals surface area contributed by atoms with E-state index in [1.807, 2.05) is 7.05 Å². The van der Waals surface area contributed by atoms with Crippen LogP contribution in [0.2, 0.25) is 0 Å².